The van der Waals surface area contributed by atoms with Crippen molar-refractivity contribution in [1.29, 1.82) is 0 Å². The number of hydrogen-bond donors (Lipinski definition) is 2. The summed E-state index contributed by atoms with van der Waals surface area (Å²) in [6.45, 7) is 5.76. The maximum atomic E-state index is 11.9. The number of aromatic amines is 1. The molecule has 5 nitrogen and oxygen atoms in total. The summed E-state index contributed by atoms with van der Waals surface area (Å²) < 4.78 is 5.25. The number of hydrogen-bond acceptors (Lipinski definition) is 3. The molecule has 0 aliphatic rings. The van der Waals surface area contributed by atoms with E-state index >= 15 is 0 Å². The van der Waals surface area contributed by atoms with Crippen LogP contribution in [0.25, 0.3) is 11.5 Å². The van der Waals surface area contributed by atoms with E-state index in [0.29, 0.717) is 29.3 Å². The van der Waals surface area contributed by atoms with Gasteiger partial charge in [0.1, 0.15) is 5.69 Å². The molecule has 0 radical (unpaired) electrons. The minimum Gasteiger partial charge on any atom is -0.463 e. The molecule has 0 atom stereocenters. The number of nitrogens with one attached hydrogen (secondary N) is 2. The molecule has 2 aromatic rings. The van der Waals surface area contributed by atoms with Crippen molar-refractivity contribution in [2.24, 2.45) is 0 Å². The summed E-state index contributed by atoms with van der Waals surface area (Å²) in [4.78, 5) is 11.9. The lowest BCUT2D eigenvalue weighted by molar-refractivity contribution is 0.0958. The van der Waals surface area contributed by atoms with Gasteiger partial charge < -0.3 is 9.73 Å². The number of amides is 1. The summed E-state index contributed by atoms with van der Waals surface area (Å²) in [5, 5.41) is 9.59. The van der Waals surface area contributed by atoms with E-state index in [4.69, 9.17) is 4.42 Å². The molecule has 0 saturated carbocycles. The lowest BCUT2D eigenvalue weighted by Crippen LogP contribution is -2.24. The Kier molecular flexibility index (Phi) is 3.09. The van der Waals surface area contributed by atoms with Crippen molar-refractivity contribution in [2.45, 2.75) is 6.92 Å². The average Bonchev–Trinajstić information content (AvgIpc) is 2.94. The predicted molar refractivity (Wildman–Crippen MR) is 63.6 cm³/mol. The molecule has 0 unspecified atom stereocenters. The van der Waals surface area contributed by atoms with Crippen LogP contribution in [0.4, 0.5) is 0 Å². The largest absolute Gasteiger partial charge is 0.463 e. The summed E-state index contributed by atoms with van der Waals surface area (Å²) in [5.74, 6) is 0.376. The van der Waals surface area contributed by atoms with Crippen LogP contribution in [-0.2, 0) is 0 Å². The molecule has 0 aliphatic carbocycles. The molecule has 2 rings (SSSR count). The van der Waals surface area contributed by atoms with Gasteiger partial charge in [-0.2, -0.15) is 5.10 Å². The maximum absolute atomic E-state index is 11.9. The van der Waals surface area contributed by atoms with Gasteiger partial charge in [0.05, 0.1) is 11.8 Å². The van der Waals surface area contributed by atoms with Crippen molar-refractivity contribution in [1.82, 2.24) is 15.5 Å². The molecule has 1 amide bonds. The van der Waals surface area contributed by atoms with Crippen molar-refractivity contribution >= 4 is 5.91 Å². The Morgan fingerprint density at radius 1 is 1.71 bits per heavy atom. The molecule has 0 aliphatic heterocycles. The number of aromatic nitrogens is 2. The maximum Gasteiger partial charge on any atom is 0.255 e. The standard InChI is InChI=1S/C12H13N3O2/c1-3-6-13-12(16)10-8(2)14-15-11(10)9-5-4-7-17-9/h3-5,7H,1,6H2,2H3,(H,13,16)(H,14,15). The fourth-order valence-electron chi connectivity index (χ4n) is 1.55. The lowest BCUT2D eigenvalue weighted by atomic mass is 10.1. The van der Waals surface area contributed by atoms with Gasteiger partial charge in [0, 0.05) is 12.2 Å². The van der Waals surface area contributed by atoms with Crippen molar-refractivity contribution in [3.8, 4) is 11.5 Å². The van der Waals surface area contributed by atoms with Gasteiger partial charge in [0.15, 0.2) is 5.76 Å². The van der Waals surface area contributed by atoms with Crippen molar-refractivity contribution in [3.63, 3.8) is 0 Å². The van der Waals surface area contributed by atoms with Crippen LogP contribution >= 0.6 is 0 Å². The number of nitrogens with zero attached hydrogens (tertiary/aromatic N) is 1. The fourth-order valence-corrected chi connectivity index (χ4v) is 1.55. The van der Waals surface area contributed by atoms with Gasteiger partial charge >= 0.3 is 0 Å². The van der Waals surface area contributed by atoms with Gasteiger partial charge in [-0.25, -0.2) is 0 Å². The molecular weight excluding hydrogens is 218 g/mol. The lowest BCUT2D eigenvalue weighted by Gasteiger charge is -2.02. The minimum absolute atomic E-state index is 0.192. The summed E-state index contributed by atoms with van der Waals surface area (Å²) in [6, 6.07) is 3.52. The van der Waals surface area contributed by atoms with Gasteiger partial charge in [0.25, 0.3) is 5.91 Å². The van der Waals surface area contributed by atoms with E-state index in [-0.39, 0.29) is 5.91 Å². The van der Waals surface area contributed by atoms with Crippen LogP contribution in [0.2, 0.25) is 0 Å². The Labute approximate surface area is 98.5 Å². The Morgan fingerprint density at radius 3 is 3.18 bits per heavy atom. The molecule has 0 saturated heterocycles. The van der Waals surface area contributed by atoms with Crippen molar-refractivity contribution in [2.75, 3.05) is 6.54 Å². The monoisotopic (exact) mass is 231 g/mol. The van der Waals surface area contributed by atoms with Crippen LogP contribution in [0.5, 0.6) is 0 Å². The summed E-state index contributed by atoms with van der Waals surface area (Å²) in [6.07, 6.45) is 3.17. The molecule has 0 bridgehead atoms. The zero-order valence-corrected chi connectivity index (χ0v) is 9.49. The first kappa shape index (κ1) is 11.2. The van der Waals surface area contributed by atoms with Crippen LogP contribution in [-0.4, -0.2) is 22.6 Å². The fraction of sp³-hybridized carbons (Fsp3) is 0.167. The normalized spacial score (nSPS) is 10.2. The van der Waals surface area contributed by atoms with Gasteiger partial charge in [-0.1, -0.05) is 6.08 Å². The third-order valence-electron chi connectivity index (χ3n) is 2.34. The molecule has 2 heterocycles. The van der Waals surface area contributed by atoms with Crippen molar-refractivity contribution < 1.29 is 9.21 Å². The summed E-state index contributed by atoms with van der Waals surface area (Å²) in [7, 11) is 0. The molecule has 0 aromatic carbocycles. The SMILES string of the molecule is C=CCNC(=O)c1c(-c2ccco2)n[nH]c1C. The highest BCUT2D eigenvalue weighted by atomic mass is 16.3. The van der Waals surface area contributed by atoms with Gasteiger partial charge in [-0.15, -0.1) is 6.58 Å². The molecule has 0 fully saturated rings. The van der Waals surface area contributed by atoms with Crippen LogP contribution in [0.1, 0.15) is 16.1 Å². The molecule has 2 aromatic heterocycles. The third kappa shape index (κ3) is 2.13. The van der Waals surface area contributed by atoms with Gasteiger partial charge in [-0.05, 0) is 19.1 Å². The highest BCUT2D eigenvalue weighted by Crippen LogP contribution is 2.23. The first-order valence-corrected chi connectivity index (χ1v) is 5.22. The Hall–Kier alpha value is -2.30. The van der Waals surface area contributed by atoms with Gasteiger partial charge in [-0.3, -0.25) is 9.89 Å². The molecular formula is C12H13N3O2. The summed E-state index contributed by atoms with van der Waals surface area (Å²) >= 11 is 0. The number of carbonyl (C=O) groups excluding carboxylic acids is 1. The van der Waals surface area contributed by atoms with E-state index in [2.05, 4.69) is 22.1 Å². The second-order valence-corrected chi connectivity index (χ2v) is 3.55. The Balaban J connectivity index is 2.36. The zero-order valence-electron chi connectivity index (χ0n) is 9.49. The van der Waals surface area contributed by atoms with Crippen LogP contribution in [0, 0.1) is 6.92 Å². The smallest absolute Gasteiger partial charge is 0.255 e. The van der Waals surface area contributed by atoms with Crippen LogP contribution in [0.3, 0.4) is 0 Å². The number of rotatable bonds is 4. The van der Waals surface area contributed by atoms with Crippen molar-refractivity contribution in [3.05, 3.63) is 42.3 Å². The average molecular weight is 231 g/mol. The second-order valence-electron chi connectivity index (χ2n) is 3.55. The molecule has 17 heavy (non-hydrogen) atoms. The first-order chi connectivity index (χ1) is 8.24. The molecule has 2 N–H and O–H groups in total. The van der Waals surface area contributed by atoms with Crippen LogP contribution < -0.4 is 5.32 Å². The van der Waals surface area contributed by atoms with E-state index in [9.17, 15) is 4.79 Å². The molecule has 5 heteroatoms. The number of H-pyrrole nitrogens is 1. The topological polar surface area (TPSA) is 70.9 Å². The highest BCUT2D eigenvalue weighted by Gasteiger charge is 2.20. The van der Waals surface area contributed by atoms with E-state index in [0.717, 1.165) is 0 Å². The van der Waals surface area contributed by atoms with Gasteiger partial charge in [0.2, 0.25) is 0 Å². The van der Waals surface area contributed by atoms with E-state index in [1.54, 1.807) is 31.4 Å². The van der Waals surface area contributed by atoms with E-state index in [1.165, 1.54) is 0 Å². The van der Waals surface area contributed by atoms with Crippen LogP contribution in [0.15, 0.2) is 35.5 Å². The highest BCUT2D eigenvalue weighted by molar-refractivity contribution is 6.00. The first-order valence-electron chi connectivity index (χ1n) is 5.22. The van der Waals surface area contributed by atoms with E-state index in [1.807, 2.05) is 0 Å². The number of furan rings is 1. The quantitative estimate of drug-likeness (QED) is 0.789. The Morgan fingerprint density at radius 2 is 2.53 bits per heavy atom. The zero-order chi connectivity index (χ0) is 12.3. The summed E-state index contributed by atoms with van der Waals surface area (Å²) in [5.41, 5.74) is 1.73. The third-order valence-corrected chi connectivity index (χ3v) is 2.34. The molecule has 0 spiro atoms. The Bertz CT molecular complexity index is 526. The number of aryl methyl sites for hydroxylation is 1. The number of carbonyl (C=O) groups is 1. The predicted octanol–water partition coefficient (Wildman–Crippen LogP) is 1.89. The van der Waals surface area contributed by atoms with E-state index < -0.39 is 0 Å². The molecule has 88 valence electrons. The minimum atomic E-state index is -0.192. The second kappa shape index (κ2) is 4.69.